The van der Waals surface area contributed by atoms with E-state index < -0.39 is 0 Å². The van der Waals surface area contributed by atoms with Crippen LogP contribution in [0.25, 0.3) is 0 Å². The van der Waals surface area contributed by atoms with E-state index in [-0.39, 0.29) is 5.95 Å². The van der Waals surface area contributed by atoms with E-state index in [1.807, 2.05) is 18.2 Å². The van der Waals surface area contributed by atoms with Crippen LogP contribution in [-0.2, 0) is 17.9 Å². The quantitative estimate of drug-likeness (QED) is 0.831. The first-order valence-corrected chi connectivity index (χ1v) is 6.52. The summed E-state index contributed by atoms with van der Waals surface area (Å²) in [4.78, 5) is 3.96. The maximum atomic E-state index is 5.58. The molecule has 1 aromatic carbocycles. The standard InChI is InChI=1S/C12H15BrN4O/c13-11-15-12(14)16-17(11)7-4-8-18-9-10-5-2-1-3-6-10/h1-3,5-6H,4,7-9H2,(H2,14,16). The van der Waals surface area contributed by atoms with Gasteiger partial charge in [0.05, 0.1) is 6.61 Å². The summed E-state index contributed by atoms with van der Waals surface area (Å²) in [5.41, 5.74) is 6.67. The largest absolute Gasteiger partial charge is 0.377 e. The Hall–Kier alpha value is -1.40. The molecular formula is C12H15BrN4O. The van der Waals surface area contributed by atoms with Gasteiger partial charge in [0.25, 0.3) is 0 Å². The van der Waals surface area contributed by atoms with Gasteiger partial charge in [-0.25, -0.2) is 4.68 Å². The fourth-order valence-electron chi connectivity index (χ4n) is 1.56. The highest BCUT2D eigenvalue weighted by molar-refractivity contribution is 9.10. The molecule has 0 aliphatic rings. The lowest BCUT2D eigenvalue weighted by Crippen LogP contribution is -2.05. The minimum Gasteiger partial charge on any atom is -0.377 e. The Morgan fingerprint density at radius 3 is 2.72 bits per heavy atom. The van der Waals surface area contributed by atoms with Crippen molar-refractivity contribution in [2.45, 2.75) is 19.6 Å². The van der Waals surface area contributed by atoms with Crippen LogP contribution in [0.2, 0.25) is 0 Å². The topological polar surface area (TPSA) is 66.0 Å². The van der Waals surface area contributed by atoms with Gasteiger partial charge in [-0.3, -0.25) is 0 Å². The molecule has 0 unspecified atom stereocenters. The third-order valence-corrected chi connectivity index (χ3v) is 3.00. The lowest BCUT2D eigenvalue weighted by atomic mass is 10.2. The predicted molar refractivity (Wildman–Crippen MR) is 72.8 cm³/mol. The highest BCUT2D eigenvalue weighted by Crippen LogP contribution is 2.08. The molecule has 2 rings (SSSR count). The summed E-state index contributed by atoms with van der Waals surface area (Å²) in [7, 11) is 0. The number of hydrogen-bond donors (Lipinski definition) is 1. The van der Waals surface area contributed by atoms with Crippen LogP contribution in [0.3, 0.4) is 0 Å². The molecule has 1 aromatic heterocycles. The Bertz CT molecular complexity index is 486. The van der Waals surface area contributed by atoms with Crippen molar-refractivity contribution in [3.05, 3.63) is 40.6 Å². The van der Waals surface area contributed by atoms with Crippen LogP contribution in [0.5, 0.6) is 0 Å². The van der Waals surface area contributed by atoms with Gasteiger partial charge in [0, 0.05) is 13.2 Å². The zero-order valence-electron chi connectivity index (χ0n) is 9.92. The van der Waals surface area contributed by atoms with Crippen LogP contribution in [0.1, 0.15) is 12.0 Å². The molecule has 18 heavy (non-hydrogen) atoms. The van der Waals surface area contributed by atoms with Crippen molar-refractivity contribution in [2.75, 3.05) is 12.3 Å². The summed E-state index contributed by atoms with van der Waals surface area (Å²) in [5.74, 6) is 0.284. The van der Waals surface area contributed by atoms with E-state index in [1.54, 1.807) is 4.68 Å². The number of nitrogen functional groups attached to an aromatic ring is 1. The molecule has 6 heteroatoms. The van der Waals surface area contributed by atoms with Crippen LogP contribution >= 0.6 is 15.9 Å². The molecule has 0 bridgehead atoms. The van der Waals surface area contributed by atoms with Gasteiger partial charge >= 0.3 is 0 Å². The van der Waals surface area contributed by atoms with Crippen molar-refractivity contribution in [2.24, 2.45) is 0 Å². The highest BCUT2D eigenvalue weighted by atomic mass is 79.9. The van der Waals surface area contributed by atoms with Gasteiger partial charge in [-0.1, -0.05) is 30.3 Å². The Balaban J connectivity index is 1.66. The average Bonchev–Trinajstić information content (AvgIpc) is 2.69. The number of benzene rings is 1. The number of ether oxygens (including phenoxy) is 1. The molecule has 2 aromatic rings. The van der Waals surface area contributed by atoms with Gasteiger partial charge in [0.2, 0.25) is 5.95 Å². The Labute approximate surface area is 114 Å². The fourth-order valence-corrected chi connectivity index (χ4v) is 2.00. The van der Waals surface area contributed by atoms with Crippen molar-refractivity contribution < 1.29 is 4.74 Å². The molecule has 0 atom stereocenters. The van der Waals surface area contributed by atoms with Crippen LogP contribution in [0.15, 0.2) is 35.1 Å². The average molecular weight is 311 g/mol. The molecule has 0 aliphatic carbocycles. The van der Waals surface area contributed by atoms with Crippen LogP contribution in [0.4, 0.5) is 5.95 Å². The number of aromatic nitrogens is 3. The van der Waals surface area contributed by atoms with E-state index in [1.165, 1.54) is 5.56 Å². The van der Waals surface area contributed by atoms with Gasteiger partial charge in [0.1, 0.15) is 0 Å². The highest BCUT2D eigenvalue weighted by Gasteiger charge is 2.03. The van der Waals surface area contributed by atoms with E-state index in [0.717, 1.165) is 13.0 Å². The van der Waals surface area contributed by atoms with Gasteiger partial charge in [0.15, 0.2) is 4.73 Å². The second-order valence-electron chi connectivity index (χ2n) is 3.85. The van der Waals surface area contributed by atoms with E-state index in [2.05, 4.69) is 38.1 Å². The number of nitrogens with zero attached hydrogens (tertiary/aromatic N) is 3. The summed E-state index contributed by atoms with van der Waals surface area (Å²) in [6.45, 7) is 2.06. The molecule has 2 N–H and O–H groups in total. The maximum absolute atomic E-state index is 5.58. The number of halogens is 1. The Morgan fingerprint density at radius 2 is 2.06 bits per heavy atom. The van der Waals surface area contributed by atoms with Crippen molar-refractivity contribution in [1.29, 1.82) is 0 Å². The van der Waals surface area contributed by atoms with Crippen molar-refractivity contribution >= 4 is 21.9 Å². The lowest BCUT2D eigenvalue weighted by molar-refractivity contribution is 0.115. The summed E-state index contributed by atoms with van der Waals surface area (Å²) in [6.07, 6.45) is 0.869. The van der Waals surface area contributed by atoms with Crippen molar-refractivity contribution in [3.8, 4) is 0 Å². The van der Waals surface area contributed by atoms with Gasteiger partial charge in [-0.15, -0.1) is 5.10 Å². The number of anilines is 1. The number of nitrogens with two attached hydrogens (primary N) is 1. The van der Waals surface area contributed by atoms with Gasteiger partial charge in [-0.2, -0.15) is 4.98 Å². The molecule has 5 nitrogen and oxygen atoms in total. The third kappa shape index (κ3) is 3.82. The number of hydrogen-bond acceptors (Lipinski definition) is 4. The first-order valence-electron chi connectivity index (χ1n) is 5.73. The molecule has 0 radical (unpaired) electrons. The third-order valence-electron chi connectivity index (χ3n) is 2.41. The van der Waals surface area contributed by atoms with E-state index >= 15 is 0 Å². The zero-order valence-corrected chi connectivity index (χ0v) is 11.5. The summed E-state index contributed by atoms with van der Waals surface area (Å²) in [6, 6.07) is 10.1. The fraction of sp³-hybridized carbons (Fsp3) is 0.333. The molecule has 0 fully saturated rings. The maximum Gasteiger partial charge on any atom is 0.240 e. The van der Waals surface area contributed by atoms with Crippen molar-refractivity contribution in [1.82, 2.24) is 14.8 Å². The minimum absolute atomic E-state index is 0.284. The predicted octanol–water partition coefficient (Wildman–Crippen LogP) is 2.23. The normalized spacial score (nSPS) is 10.7. The zero-order chi connectivity index (χ0) is 12.8. The number of aryl methyl sites for hydroxylation is 1. The molecule has 1 heterocycles. The molecule has 0 saturated heterocycles. The molecule has 0 saturated carbocycles. The molecule has 0 aliphatic heterocycles. The first kappa shape index (κ1) is 13.0. The van der Waals surface area contributed by atoms with E-state index in [9.17, 15) is 0 Å². The van der Waals surface area contributed by atoms with Crippen LogP contribution in [-0.4, -0.2) is 21.4 Å². The molecule has 0 spiro atoms. The van der Waals surface area contributed by atoms with Crippen LogP contribution < -0.4 is 5.73 Å². The monoisotopic (exact) mass is 310 g/mol. The van der Waals surface area contributed by atoms with E-state index in [0.29, 0.717) is 17.9 Å². The summed E-state index contributed by atoms with van der Waals surface area (Å²) >= 11 is 3.29. The molecular weight excluding hydrogens is 296 g/mol. The lowest BCUT2D eigenvalue weighted by Gasteiger charge is -2.04. The Morgan fingerprint density at radius 1 is 1.28 bits per heavy atom. The first-order chi connectivity index (χ1) is 8.75. The van der Waals surface area contributed by atoms with Crippen molar-refractivity contribution in [3.63, 3.8) is 0 Å². The number of rotatable bonds is 6. The van der Waals surface area contributed by atoms with Crippen LogP contribution in [0, 0.1) is 0 Å². The minimum atomic E-state index is 0.284. The second kappa shape index (κ2) is 6.51. The summed E-state index contributed by atoms with van der Waals surface area (Å²) < 4.78 is 7.96. The smallest absolute Gasteiger partial charge is 0.240 e. The Kier molecular flexibility index (Phi) is 4.72. The molecule has 96 valence electrons. The van der Waals surface area contributed by atoms with Gasteiger partial charge in [-0.05, 0) is 27.9 Å². The van der Waals surface area contributed by atoms with E-state index in [4.69, 9.17) is 10.5 Å². The molecule has 0 amide bonds. The second-order valence-corrected chi connectivity index (χ2v) is 4.56. The SMILES string of the molecule is Nc1nc(Br)n(CCCOCc2ccccc2)n1. The summed E-state index contributed by atoms with van der Waals surface area (Å²) in [5, 5.41) is 4.05. The van der Waals surface area contributed by atoms with Gasteiger partial charge < -0.3 is 10.5 Å².